The van der Waals surface area contributed by atoms with Crippen molar-refractivity contribution in [1.29, 1.82) is 0 Å². The highest BCUT2D eigenvalue weighted by Gasteiger charge is 2.23. The van der Waals surface area contributed by atoms with Gasteiger partial charge in [0, 0.05) is 36.5 Å². The van der Waals surface area contributed by atoms with E-state index in [9.17, 15) is 0 Å². The second-order valence-electron chi connectivity index (χ2n) is 7.91. The highest BCUT2D eigenvalue weighted by Crippen LogP contribution is 2.42. The third-order valence-electron chi connectivity index (χ3n) is 5.86. The molecule has 3 aromatic carbocycles. The van der Waals surface area contributed by atoms with Crippen LogP contribution in [0.2, 0.25) is 0 Å². The molecule has 0 aliphatic carbocycles. The van der Waals surface area contributed by atoms with Gasteiger partial charge in [-0.3, -0.25) is 9.98 Å². The van der Waals surface area contributed by atoms with Crippen molar-refractivity contribution in [2.24, 2.45) is 9.98 Å². The number of para-hydroxylation sites is 3. The lowest BCUT2D eigenvalue weighted by atomic mass is 10.3. The third kappa shape index (κ3) is 6.20. The highest BCUT2D eigenvalue weighted by atomic mass is 127. The molecule has 188 valence electrons. The van der Waals surface area contributed by atoms with E-state index < -0.39 is 0 Å². The first-order chi connectivity index (χ1) is 16.8. The van der Waals surface area contributed by atoms with Crippen LogP contribution in [0.5, 0.6) is 5.75 Å². The Labute approximate surface area is 250 Å². The summed E-state index contributed by atoms with van der Waals surface area (Å²) >= 11 is 0. The summed E-state index contributed by atoms with van der Waals surface area (Å²) in [4.78, 5) is 15.2. The second-order valence-corrected chi connectivity index (χ2v) is 9.74. The smallest absolute Gasteiger partial charge is 0.202 e. The van der Waals surface area contributed by atoms with Gasteiger partial charge in [-0.1, -0.05) is 24.3 Å². The molecule has 0 aromatic heterocycles. The van der Waals surface area contributed by atoms with Gasteiger partial charge in [0.1, 0.15) is 0 Å². The molecular weight excluding hydrogens is 694 g/mol. The molecule has 0 radical (unpaired) electrons. The van der Waals surface area contributed by atoms with E-state index in [2.05, 4.69) is 69.3 Å². The lowest BCUT2D eigenvalue weighted by Gasteiger charge is -2.14. The second kappa shape index (κ2) is 13.4. The molecular formula is C28H30I2N4OS. The van der Waals surface area contributed by atoms with Crippen LogP contribution in [0, 0.1) is 0 Å². The molecule has 0 saturated carbocycles. The molecule has 0 amide bonds. The number of fused-ring (bicyclic) bond motifs is 2. The van der Waals surface area contributed by atoms with Crippen LogP contribution in [-0.4, -0.2) is 36.8 Å². The number of ether oxygens (including phenoxy) is 1. The van der Waals surface area contributed by atoms with Gasteiger partial charge in [-0.05, 0) is 67.7 Å². The Balaban J connectivity index is 0.00000180. The van der Waals surface area contributed by atoms with Crippen molar-refractivity contribution in [2.45, 2.75) is 18.7 Å². The number of halogens is 2. The number of hydrogen-bond acceptors (Lipinski definition) is 5. The van der Waals surface area contributed by atoms with Crippen LogP contribution < -0.4 is 14.5 Å². The fourth-order valence-electron chi connectivity index (χ4n) is 4.13. The molecule has 5 rings (SSSR count). The van der Waals surface area contributed by atoms with Crippen molar-refractivity contribution in [3.05, 3.63) is 84.8 Å². The van der Waals surface area contributed by atoms with Crippen molar-refractivity contribution in [3.8, 4) is 5.75 Å². The summed E-state index contributed by atoms with van der Waals surface area (Å²) in [6, 6.07) is 24.7. The number of anilines is 2. The van der Waals surface area contributed by atoms with Gasteiger partial charge in [0.15, 0.2) is 5.75 Å². The third-order valence-corrected chi connectivity index (χ3v) is 7.81. The zero-order valence-corrected chi connectivity index (χ0v) is 25.8. The first kappa shape index (κ1) is 28.4. The van der Waals surface area contributed by atoms with E-state index in [1.165, 1.54) is 10.6 Å². The number of benzene rings is 3. The molecule has 2 heterocycles. The minimum atomic E-state index is 0. The first-order valence-electron chi connectivity index (χ1n) is 11.6. The van der Waals surface area contributed by atoms with Gasteiger partial charge in [-0.15, -0.1) is 58.4 Å². The maximum absolute atomic E-state index is 5.96. The van der Waals surface area contributed by atoms with Gasteiger partial charge in [0.2, 0.25) is 5.88 Å². The predicted molar refractivity (Wildman–Crippen MR) is 178 cm³/mol. The molecule has 2 aliphatic rings. The molecule has 0 N–H and O–H groups in total. The van der Waals surface area contributed by atoms with Crippen LogP contribution in [0.4, 0.5) is 22.7 Å². The Morgan fingerprint density at radius 3 is 2.14 bits per heavy atom. The minimum Gasteiger partial charge on any atom is -0.439 e. The lowest BCUT2D eigenvalue weighted by Crippen LogP contribution is -2.19. The molecule has 3 aromatic rings. The Morgan fingerprint density at radius 2 is 1.44 bits per heavy atom. The Morgan fingerprint density at radius 1 is 0.806 bits per heavy atom. The standard InChI is InChI=1S/C28H28N4OS.2HI/c1-3-31-21-34(27-12-8-6-10-25(27)31)20-19-30-23-15-13-22(14-16-23)29-18-17-28-32(4-2)24-9-5-7-11-26(24)33-28;;/h5-20H,3-4,21H2,1-2H3;2*1H. The van der Waals surface area contributed by atoms with Gasteiger partial charge in [0.25, 0.3) is 0 Å². The quantitative estimate of drug-likeness (QED) is 0.147. The molecule has 2 aliphatic heterocycles. The van der Waals surface area contributed by atoms with Gasteiger partial charge in [-0.25, -0.2) is 0 Å². The van der Waals surface area contributed by atoms with Crippen molar-refractivity contribution in [3.63, 3.8) is 0 Å². The van der Waals surface area contributed by atoms with E-state index in [-0.39, 0.29) is 58.4 Å². The van der Waals surface area contributed by atoms with E-state index in [1.54, 1.807) is 6.21 Å². The number of allylic oxidation sites excluding steroid dienone is 1. The molecule has 1 atom stereocenters. The van der Waals surface area contributed by atoms with Gasteiger partial charge in [-0.2, -0.15) is 0 Å². The van der Waals surface area contributed by atoms with E-state index in [4.69, 9.17) is 4.74 Å². The maximum atomic E-state index is 5.96. The molecule has 36 heavy (non-hydrogen) atoms. The van der Waals surface area contributed by atoms with E-state index in [1.807, 2.05) is 54.8 Å². The lowest BCUT2D eigenvalue weighted by molar-refractivity contribution is 0.441. The van der Waals surface area contributed by atoms with Crippen molar-refractivity contribution in [2.75, 3.05) is 28.8 Å². The molecule has 8 heteroatoms. The average molecular weight is 724 g/mol. The molecule has 0 bridgehead atoms. The fraction of sp³-hybridized carbons (Fsp3) is 0.179. The molecule has 5 nitrogen and oxygen atoms in total. The molecule has 1 unspecified atom stereocenters. The van der Waals surface area contributed by atoms with Crippen molar-refractivity contribution < 1.29 is 4.74 Å². The number of rotatable bonds is 6. The predicted octanol–water partition coefficient (Wildman–Crippen LogP) is 8.02. The largest absolute Gasteiger partial charge is 0.439 e. The zero-order chi connectivity index (χ0) is 23.3. The maximum Gasteiger partial charge on any atom is 0.202 e. The summed E-state index contributed by atoms with van der Waals surface area (Å²) in [5, 5.41) is 2.23. The van der Waals surface area contributed by atoms with Gasteiger partial charge < -0.3 is 14.5 Å². The van der Waals surface area contributed by atoms with Crippen LogP contribution in [0.1, 0.15) is 13.8 Å². The van der Waals surface area contributed by atoms with Crippen LogP contribution in [0.25, 0.3) is 0 Å². The van der Waals surface area contributed by atoms with Crippen LogP contribution in [0.15, 0.2) is 99.6 Å². The first-order valence-corrected chi connectivity index (χ1v) is 13.0. The Hall–Kier alpha value is -2.18. The summed E-state index contributed by atoms with van der Waals surface area (Å²) in [6.45, 7) is 6.18. The summed E-state index contributed by atoms with van der Waals surface area (Å²) in [5.41, 5.74) is 4.24. The SMILES string of the molecule is CCN1CS(=CC=Nc2ccc(N=CC=C3Oc4ccccc4N3CC)cc2)c2ccccc21.I.I. The highest BCUT2D eigenvalue weighted by molar-refractivity contribution is 14.0. The number of aliphatic imine (C=N–C) groups is 2. The molecule has 0 saturated heterocycles. The van der Waals surface area contributed by atoms with Gasteiger partial charge in [0.05, 0.1) is 28.6 Å². The molecule has 0 fully saturated rings. The Bertz CT molecular complexity index is 1300. The number of hydrogen-bond donors (Lipinski definition) is 0. The van der Waals surface area contributed by atoms with Crippen molar-refractivity contribution in [1.82, 2.24) is 0 Å². The topological polar surface area (TPSA) is 40.4 Å². The zero-order valence-electron chi connectivity index (χ0n) is 20.3. The monoisotopic (exact) mass is 724 g/mol. The average Bonchev–Trinajstić information content (AvgIpc) is 3.42. The summed E-state index contributed by atoms with van der Waals surface area (Å²) in [7, 11) is 0.0713. The number of nitrogens with zero attached hydrogens (tertiary/aromatic N) is 4. The van der Waals surface area contributed by atoms with Crippen LogP contribution in [0.3, 0.4) is 0 Å². The normalized spacial score (nSPS) is 17.3. The van der Waals surface area contributed by atoms with E-state index in [0.717, 1.165) is 47.7 Å². The molecule has 0 spiro atoms. The van der Waals surface area contributed by atoms with Crippen LogP contribution >= 0.6 is 58.4 Å². The summed E-state index contributed by atoms with van der Waals surface area (Å²) in [6.07, 6.45) is 5.63. The summed E-state index contributed by atoms with van der Waals surface area (Å²) in [5.74, 6) is 2.71. The van der Waals surface area contributed by atoms with Gasteiger partial charge >= 0.3 is 0 Å². The van der Waals surface area contributed by atoms with E-state index in [0.29, 0.717) is 0 Å². The fourth-order valence-corrected chi connectivity index (χ4v) is 6.09. The van der Waals surface area contributed by atoms with Crippen molar-refractivity contribution >= 4 is 99.0 Å². The Kier molecular flexibility index (Phi) is 10.6. The summed E-state index contributed by atoms with van der Waals surface area (Å²) < 4.78 is 5.96. The van der Waals surface area contributed by atoms with Crippen LogP contribution in [-0.2, 0) is 0 Å². The minimum absolute atomic E-state index is 0. The van der Waals surface area contributed by atoms with E-state index >= 15 is 0 Å².